The third kappa shape index (κ3) is 4.69. The van der Waals surface area contributed by atoms with Crippen LogP contribution in [0.1, 0.15) is 29.4 Å². The Hall–Kier alpha value is -3.76. The number of halogens is 1. The van der Waals surface area contributed by atoms with E-state index in [9.17, 15) is 9.18 Å². The lowest BCUT2D eigenvalue weighted by atomic mass is 10.3. The molecule has 5 N–H and O–H groups in total. The average molecular weight is 386 g/mol. The van der Waals surface area contributed by atoms with Gasteiger partial charge >= 0.3 is 11.8 Å². The molecule has 0 saturated carbocycles. The topological polar surface area (TPSA) is 148 Å². The Balaban J connectivity index is 1.65. The number of carbonyl (C=O) groups excluding carboxylic acids is 1. The summed E-state index contributed by atoms with van der Waals surface area (Å²) in [6.07, 6.45) is 1.88. The van der Waals surface area contributed by atoms with Crippen molar-refractivity contribution in [2.75, 3.05) is 18.4 Å². The molecule has 0 spiro atoms. The van der Waals surface area contributed by atoms with E-state index in [2.05, 4.69) is 32.0 Å². The highest BCUT2D eigenvalue weighted by Gasteiger charge is 2.25. The van der Waals surface area contributed by atoms with Crippen LogP contribution in [-0.4, -0.2) is 45.8 Å². The summed E-state index contributed by atoms with van der Waals surface area (Å²) < 4.78 is 18.1. The van der Waals surface area contributed by atoms with Crippen molar-refractivity contribution in [2.45, 2.75) is 12.8 Å². The van der Waals surface area contributed by atoms with Gasteiger partial charge in [-0.05, 0) is 31.0 Å². The van der Waals surface area contributed by atoms with E-state index in [1.807, 2.05) is 0 Å². The summed E-state index contributed by atoms with van der Waals surface area (Å²) in [4.78, 5) is 25.5. The molecule has 0 aliphatic carbocycles. The summed E-state index contributed by atoms with van der Waals surface area (Å²) in [5, 5.41) is 6.40. The molecule has 1 fully saturated rings. The van der Waals surface area contributed by atoms with Crippen molar-refractivity contribution in [1.82, 2.24) is 15.0 Å². The summed E-state index contributed by atoms with van der Waals surface area (Å²) in [7, 11) is 0. The van der Waals surface area contributed by atoms with Gasteiger partial charge in [0.05, 0.1) is 0 Å². The van der Waals surface area contributed by atoms with E-state index in [1.54, 1.807) is 11.0 Å². The van der Waals surface area contributed by atoms with Gasteiger partial charge in [-0.15, -0.1) is 0 Å². The lowest BCUT2D eigenvalue weighted by Crippen LogP contribution is -2.28. The number of anilines is 1. The van der Waals surface area contributed by atoms with E-state index in [0.29, 0.717) is 18.8 Å². The molecule has 0 atom stereocenters. The zero-order valence-corrected chi connectivity index (χ0v) is 14.9. The number of hydrogen-bond acceptors (Lipinski definition) is 6. The number of nitrogens with one attached hydrogen (secondary N) is 1. The minimum absolute atomic E-state index is 0.0793. The fourth-order valence-electron chi connectivity index (χ4n) is 2.57. The number of carbonyl (C=O) groups is 1. The molecule has 1 aromatic heterocycles. The predicted molar refractivity (Wildman–Crippen MR) is 101 cm³/mol. The Morgan fingerprint density at radius 3 is 2.75 bits per heavy atom. The van der Waals surface area contributed by atoms with Gasteiger partial charge in [0.15, 0.2) is 5.84 Å². The van der Waals surface area contributed by atoms with Gasteiger partial charge in [-0.25, -0.2) is 4.39 Å². The van der Waals surface area contributed by atoms with Crippen molar-refractivity contribution in [1.29, 1.82) is 0 Å². The summed E-state index contributed by atoms with van der Waals surface area (Å²) in [5.74, 6) is -1.29. The first-order chi connectivity index (χ1) is 13.4. The first-order valence-electron chi connectivity index (χ1n) is 8.45. The minimum Gasteiger partial charge on any atom is -0.380 e. The maximum Gasteiger partial charge on any atom is 0.316 e. The molecule has 2 aromatic rings. The Kier molecular flexibility index (Phi) is 5.63. The number of rotatable bonds is 5. The zero-order chi connectivity index (χ0) is 20.1. The maximum absolute atomic E-state index is 13.2. The first-order valence-corrected chi connectivity index (χ1v) is 8.45. The van der Waals surface area contributed by atoms with Crippen LogP contribution in [0.4, 0.5) is 10.1 Å². The number of aliphatic imine (C=N–C) groups is 2. The highest BCUT2D eigenvalue weighted by Crippen LogP contribution is 2.12. The number of amides is 1. The second-order valence-corrected chi connectivity index (χ2v) is 5.97. The standard InChI is InChI=1S/C17H19FN8O2/c1-10(21-12-6-4-5-11(18)9-12)22-17(20)23-13(19)14-24-15(28-25-14)16(27)26-7-2-3-8-26/h4-6,9,21H,1-3,7-8H2,(H4,19,20,22,23). The molecule has 0 unspecified atom stereocenters. The van der Waals surface area contributed by atoms with Crippen LogP contribution >= 0.6 is 0 Å². The Morgan fingerprint density at radius 2 is 2.04 bits per heavy atom. The molecule has 1 aromatic carbocycles. The monoisotopic (exact) mass is 386 g/mol. The van der Waals surface area contributed by atoms with Gasteiger partial charge in [-0.3, -0.25) is 4.79 Å². The number of guanidine groups is 1. The van der Waals surface area contributed by atoms with Crippen LogP contribution in [-0.2, 0) is 0 Å². The Bertz CT molecular complexity index is 946. The molecule has 1 aliphatic rings. The molecule has 0 radical (unpaired) electrons. The molecule has 1 saturated heterocycles. The predicted octanol–water partition coefficient (Wildman–Crippen LogP) is 1.05. The van der Waals surface area contributed by atoms with Crippen molar-refractivity contribution in [2.24, 2.45) is 21.5 Å². The van der Waals surface area contributed by atoms with Crippen LogP contribution in [0.3, 0.4) is 0 Å². The summed E-state index contributed by atoms with van der Waals surface area (Å²) in [5.41, 5.74) is 11.9. The van der Waals surface area contributed by atoms with Crippen LogP contribution in [0, 0.1) is 5.82 Å². The molecule has 2 heterocycles. The van der Waals surface area contributed by atoms with Gasteiger partial charge in [-0.1, -0.05) is 17.8 Å². The number of benzene rings is 1. The van der Waals surface area contributed by atoms with Gasteiger partial charge < -0.3 is 26.2 Å². The van der Waals surface area contributed by atoms with Gasteiger partial charge in [0.2, 0.25) is 11.8 Å². The lowest BCUT2D eigenvalue weighted by Gasteiger charge is -2.10. The molecular weight excluding hydrogens is 367 g/mol. The van der Waals surface area contributed by atoms with Crippen molar-refractivity contribution >= 4 is 23.4 Å². The van der Waals surface area contributed by atoms with E-state index in [4.69, 9.17) is 16.0 Å². The fraction of sp³-hybridized carbons (Fsp3) is 0.235. The number of hydrogen-bond donors (Lipinski definition) is 3. The van der Waals surface area contributed by atoms with Crippen LogP contribution < -0.4 is 16.8 Å². The molecule has 0 bridgehead atoms. The van der Waals surface area contributed by atoms with Crippen molar-refractivity contribution in [3.63, 3.8) is 0 Å². The molecule has 1 aliphatic heterocycles. The number of likely N-dealkylation sites (tertiary alicyclic amines) is 1. The summed E-state index contributed by atoms with van der Waals surface area (Å²) >= 11 is 0. The zero-order valence-electron chi connectivity index (χ0n) is 14.9. The summed E-state index contributed by atoms with van der Waals surface area (Å²) in [6, 6.07) is 5.75. The van der Waals surface area contributed by atoms with Crippen LogP contribution in [0.25, 0.3) is 0 Å². The summed E-state index contributed by atoms with van der Waals surface area (Å²) in [6.45, 7) is 4.97. The average Bonchev–Trinajstić information content (AvgIpc) is 3.33. The normalized spacial score (nSPS) is 15.0. The van der Waals surface area contributed by atoms with Crippen molar-refractivity contribution in [3.05, 3.63) is 54.2 Å². The first kappa shape index (κ1) is 19.0. The van der Waals surface area contributed by atoms with Crippen molar-refractivity contribution < 1.29 is 13.7 Å². The SMILES string of the molecule is C=C(/N=C(N)\N=C(/N)c1noc(C(=O)N2CCCC2)n1)Nc1cccc(F)c1. The third-order valence-corrected chi connectivity index (χ3v) is 3.83. The van der Waals surface area contributed by atoms with Gasteiger partial charge in [0.25, 0.3) is 0 Å². The second kappa shape index (κ2) is 8.29. The van der Waals surface area contributed by atoms with Gasteiger partial charge in [0.1, 0.15) is 11.6 Å². The highest BCUT2D eigenvalue weighted by atomic mass is 19.1. The number of aromatic nitrogens is 2. The number of amidine groups is 1. The molecule has 28 heavy (non-hydrogen) atoms. The number of nitrogens with zero attached hydrogens (tertiary/aromatic N) is 5. The Morgan fingerprint density at radius 1 is 1.29 bits per heavy atom. The molecule has 146 valence electrons. The fourth-order valence-corrected chi connectivity index (χ4v) is 2.57. The van der Waals surface area contributed by atoms with E-state index in [0.717, 1.165) is 12.8 Å². The minimum atomic E-state index is -0.409. The van der Waals surface area contributed by atoms with E-state index >= 15 is 0 Å². The van der Waals surface area contributed by atoms with E-state index in [-0.39, 0.29) is 35.2 Å². The van der Waals surface area contributed by atoms with Crippen LogP contribution in [0.2, 0.25) is 0 Å². The molecule has 11 heteroatoms. The van der Waals surface area contributed by atoms with Crippen LogP contribution in [0.5, 0.6) is 0 Å². The number of nitrogens with two attached hydrogens (primary N) is 2. The largest absolute Gasteiger partial charge is 0.380 e. The maximum atomic E-state index is 13.2. The van der Waals surface area contributed by atoms with E-state index < -0.39 is 5.82 Å². The van der Waals surface area contributed by atoms with E-state index in [1.165, 1.54) is 18.2 Å². The third-order valence-electron chi connectivity index (χ3n) is 3.83. The van der Waals surface area contributed by atoms with Gasteiger partial charge in [0, 0.05) is 18.8 Å². The second-order valence-electron chi connectivity index (χ2n) is 5.97. The van der Waals surface area contributed by atoms with Crippen LogP contribution in [0.15, 0.2) is 51.2 Å². The Labute approximate surface area is 159 Å². The lowest BCUT2D eigenvalue weighted by molar-refractivity contribution is 0.0743. The molecule has 3 rings (SSSR count). The smallest absolute Gasteiger partial charge is 0.316 e. The molecule has 10 nitrogen and oxygen atoms in total. The molecular formula is C17H19FN8O2. The van der Waals surface area contributed by atoms with Gasteiger partial charge in [-0.2, -0.15) is 15.0 Å². The quantitative estimate of drug-likeness (QED) is 0.514. The van der Waals surface area contributed by atoms with Crippen molar-refractivity contribution in [3.8, 4) is 0 Å². The highest BCUT2D eigenvalue weighted by molar-refractivity contribution is 6.02. The molecule has 1 amide bonds.